The van der Waals surface area contributed by atoms with Crippen molar-refractivity contribution in [2.45, 2.75) is 0 Å². The summed E-state index contributed by atoms with van der Waals surface area (Å²) in [6.45, 7) is 0. The molecule has 2 aromatic carbocycles. The van der Waals surface area contributed by atoms with E-state index in [1.165, 1.54) is 0 Å². The predicted molar refractivity (Wildman–Crippen MR) is 82.0 cm³/mol. The Morgan fingerprint density at radius 1 is 1.15 bits per heavy atom. The average Bonchev–Trinajstić information content (AvgIpc) is 2.90. The highest BCUT2D eigenvalue weighted by atomic mass is 32.1. The molecule has 1 heterocycles. The van der Waals surface area contributed by atoms with Crippen LogP contribution in [0.15, 0.2) is 53.6 Å². The summed E-state index contributed by atoms with van der Waals surface area (Å²) in [6, 6.07) is 17.3. The number of nitriles is 1. The van der Waals surface area contributed by atoms with Crippen molar-refractivity contribution in [3.05, 3.63) is 59.7 Å². The van der Waals surface area contributed by atoms with Gasteiger partial charge in [0.2, 0.25) is 5.13 Å². The van der Waals surface area contributed by atoms with Gasteiger partial charge in [0, 0.05) is 0 Å². The maximum absolute atomic E-state index is 8.72. The summed E-state index contributed by atoms with van der Waals surface area (Å²) in [5, 5.41) is 13.6. The Morgan fingerprint density at radius 2 is 1.95 bits per heavy atom. The number of anilines is 1. The van der Waals surface area contributed by atoms with Gasteiger partial charge in [-0.3, -0.25) is 5.43 Å². The Balaban J connectivity index is 1.71. The van der Waals surface area contributed by atoms with Crippen LogP contribution in [0.4, 0.5) is 5.13 Å². The lowest BCUT2D eigenvalue weighted by Gasteiger charge is -1.94. The number of benzene rings is 2. The first-order valence-corrected chi connectivity index (χ1v) is 6.81. The summed E-state index contributed by atoms with van der Waals surface area (Å²) < 4.78 is 1.13. The van der Waals surface area contributed by atoms with Crippen LogP contribution in [-0.2, 0) is 0 Å². The summed E-state index contributed by atoms with van der Waals surface area (Å²) in [4.78, 5) is 4.42. The lowest BCUT2D eigenvalue weighted by Crippen LogP contribution is -1.89. The number of hydrogen-bond donors (Lipinski definition) is 1. The van der Waals surface area contributed by atoms with Gasteiger partial charge in [-0.05, 0) is 29.8 Å². The van der Waals surface area contributed by atoms with Crippen molar-refractivity contribution >= 4 is 32.9 Å². The molecular weight excluding hydrogens is 268 g/mol. The second-order valence-corrected chi connectivity index (χ2v) is 5.12. The minimum atomic E-state index is 0.640. The minimum absolute atomic E-state index is 0.640. The summed E-state index contributed by atoms with van der Waals surface area (Å²) in [5.74, 6) is 0. The number of fused-ring (bicyclic) bond motifs is 1. The van der Waals surface area contributed by atoms with E-state index in [0.29, 0.717) is 5.56 Å². The molecule has 1 N–H and O–H groups in total. The fraction of sp³-hybridized carbons (Fsp3) is 0. The third-order valence-corrected chi connectivity index (χ3v) is 3.65. The minimum Gasteiger partial charge on any atom is -0.253 e. The highest BCUT2D eigenvalue weighted by Gasteiger charge is 2.00. The SMILES string of the molecule is N#Cc1ccc(/C=N/Nc2nc3ccccc3s2)cc1. The van der Waals surface area contributed by atoms with Crippen LogP contribution in [0.1, 0.15) is 11.1 Å². The van der Waals surface area contributed by atoms with Crippen molar-refractivity contribution in [2.75, 3.05) is 5.43 Å². The Bertz CT molecular complexity index is 764. The van der Waals surface area contributed by atoms with E-state index >= 15 is 0 Å². The summed E-state index contributed by atoms with van der Waals surface area (Å²) in [6.07, 6.45) is 1.70. The molecule has 0 amide bonds. The van der Waals surface area contributed by atoms with E-state index in [1.807, 2.05) is 36.4 Å². The van der Waals surface area contributed by atoms with Crippen LogP contribution in [0.5, 0.6) is 0 Å². The fourth-order valence-electron chi connectivity index (χ4n) is 1.73. The zero-order valence-electron chi connectivity index (χ0n) is 10.4. The normalized spacial score (nSPS) is 10.8. The molecule has 96 valence electrons. The van der Waals surface area contributed by atoms with Crippen LogP contribution in [0.2, 0.25) is 0 Å². The number of thiazole rings is 1. The van der Waals surface area contributed by atoms with E-state index < -0.39 is 0 Å². The maximum atomic E-state index is 8.72. The first-order valence-electron chi connectivity index (χ1n) is 6.00. The molecule has 3 aromatic rings. The smallest absolute Gasteiger partial charge is 0.204 e. The standard InChI is InChI=1S/C15H10N4S/c16-9-11-5-7-12(8-6-11)10-17-19-15-18-13-3-1-2-4-14(13)20-15/h1-8,10H,(H,18,19)/b17-10+. The molecule has 1 aromatic heterocycles. The molecule has 4 nitrogen and oxygen atoms in total. The lowest BCUT2D eigenvalue weighted by molar-refractivity contribution is 1.31. The second-order valence-electron chi connectivity index (χ2n) is 4.09. The first kappa shape index (κ1) is 12.3. The van der Waals surface area contributed by atoms with Gasteiger partial charge >= 0.3 is 0 Å². The third kappa shape index (κ3) is 2.66. The number of nitrogens with zero attached hydrogens (tertiary/aromatic N) is 3. The molecule has 0 unspecified atom stereocenters. The topological polar surface area (TPSA) is 61.1 Å². The largest absolute Gasteiger partial charge is 0.253 e. The number of para-hydroxylation sites is 1. The number of rotatable bonds is 3. The van der Waals surface area contributed by atoms with Gasteiger partial charge in [0.15, 0.2) is 0 Å². The van der Waals surface area contributed by atoms with E-state index in [-0.39, 0.29) is 0 Å². The van der Waals surface area contributed by atoms with Gasteiger partial charge in [-0.15, -0.1) is 0 Å². The summed E-state index contributed by atoms with van der Waals surface area (Å²) in [5.41, 5.74) is 5.46. The molecule has 0 radical (unpaired) electrons. The van der Waals surface area contributed by atoms with Crippen molar-refractivity contribution in [1.82, 2.24) is 4.98 Å². The number of aromatic nitrogens is 1. The average molecular weight is 278 g/mol. The quantitative estimate of drug-likeness (QED) is 0.588. The van der Waals surface area contributed by atoms with Crippen LogP contribution < -0.4 is 5.43 Å². The highest BCUT2D eigenvalue weighted by molar-refractivity contribution is 7.22. The van der Waals surface area contributed by atoms with Crippen molar-refractivity contribution in [1.29, 1.82) is 5.26 Å². The Hall–Kier alpha value is -2.71. The molecular formula is C15H10N4S. The molecule has 0 atom stereocenters. The second kappa shape index (κ2) is 5.51. The molecule has 20 heavy (non-hydrogen) atoms. The molecule has 3 rings (SSSR count). The fourth-order valence-corrected chi connectivity index (χ4v) is 2.54. The molecule has 0 aliphatic rings. The number of nitrogens with one attached hydrogen (secondary N) is 1. The van der Waals surface area contributed by atoms with Crippen LogP contribution >= 0.6 is 11.3 Å². The molecule has 0 fully saturated rings. The molecule has 0 spiro atoms. The Morgan fingerprint density at radius 3 is 2.70 bits per heavy atom. The Kier molecular flexibility index (Phi) is 3.40. The van der Waals surface area contributed by atoms with Gasteiger partial charge in [0.05, 0.1) is 28.1 Å². The molecule has 0 saturated heterocycles. The van der Waals surface area contributed by atoms with Crippen molar-refractivity contribution < 1.29 is 0 Å². The summed E-state index contributed by atoms with van der Waals surface area (Å²) in [7, 11) is 0. The third-order valence-electron chi connectivity index (χ3n) is 2.71. The van der Waals surface area contributed by atoms with Gasteiger partial charge in [-0.1, -0.05) is 35.6 Å². The van der Waals surface area contributed by atoms with Crippen LogP contribution in [0, 0.1) is 11.3 Å². The molecule has 0 saturated carbocycles. The van der Waals surface area contributed by atoms with E-state index in [9.17, 15) is 0 Å². The van der Waals surface area contributed by atoms with Gasteiger partial charge in [0.1, 0.15) is 0 Å². The highest BCUT2D eigenvalue weighted by Crippen LogP contribution is 2.25. The van der Waals surface area contributed by atoms with Crippen LogP contribution in [-0.4, -0.2) is 11.2 Å². The zero-order valence-corrected chi connectivity index (χ0v) is 11.3. The predicted octanol–water partition coefficient (Wildman–Crippen LogP) is 3.61. The zero-order chi connectivity index (χ0) is 13.8. The van der Waals surface area contributed by atoms with Crippen molar-refractivity contribution in [3.8, 4) is 6.07 Å². The Labute approximate surface area is 120 Å². The molecule has 0 bridgehead atoms. The van der Waals surface area contributed by atoms with Gasteiger partial charge < -0.3 is 0 Å². The van der Waals surface area contributed by atoms with Crippen molar-refractivity contribution in [2.24, 2.45) is 5.10 Å². The van der Waals surface area contributed by atoms with Crippen LogP contribution in [0.3, 0.4) is 0 Å². The molecule has 0 aliphatic heterocycles. The number of hydrogen-bond acceptors (Lipinski definition) is 5. The van der Waals surface area contributed by atoms with E-state index in [2.05, 4.69) is 21.6 Å². The summed E-state index contributed by atoms with van der Waals surface area (Å²) >= 11 is 1.56. The maximum Gasteiger partial charge on any atom is 0.204 e. The lowest BCUT2D eigenvalue weighted by atomic mass is 10.2. The van der Waals surface area contributed by atoms with E-state index in [0.717, 1.165) is 20.9 Å². The van der Waals surface area contributed by atoms with Gasteiger partial charge in [0.25, 0.3) is 0 Å². The first-order chi connectivity index (χ1) is 9.85. The molecule has 0 aliphatic carbocycles. The number of hydrazone groups is 1. The van der Waals surface area contributed by atoms with E-state index in [1.54, 1.807) is 29.7 Å². The van der Waals surface area contributed by atoms with Crippen molar-refractivity contribution in [3.63, 3.8) is 0 Å². The van der Waals surface area contributed by atoms with Gasteiger partial charge in [-0.2, -0.15) is 10.4 Å². The monoisotopic (exact) mass is 278 g/mol. The van der Waals surface area contributed by atoms with E-state index in [4.69, 9.17) is 5.26 Å². The van der Waals surface area contributed by atoms with Gasteiger partial charge in [-0.25, -0.2) is 4.98 Å². The van der Waals surface area contributed by atoms with Crippen LogP contribution in [0.25, 0.3) is 10.2 Å². The molecule has 5 heteroatoms.